The summed E-state index contributed by atoms with van der Waals surface area (Å²) in [7, 11) is 1.62. The van der Waals surface area contributed by atoms with Crippen molar-refractivity contribution in [1.82, 2.24) is 4.98 Å². The van der Waals surface area contributed by atoms with Gasteiger partial charge in [-0.05, 0) is 40.2 Å². The molecule has 0 aliphatic carbocycles. The van der Waals surface area contributed by atoms with E-state index in [0.717, 1.165) is 21.1 Å². The molecule has 1 aromatic carbocycles. The van der Waals surface area contributed by atoms with Crippen LogP contribution in [0, 0.1) is 0 Å². The summed E-state index contributed by atoms with van der Waals surface area (Å²) >= 11 is 3.43. The van der Waals surface area contributed by atoms with E-state index in [2.05, 4.69) is 20.9 Å². The number of methoxy groups -OCH3 is 1. The predicted molar refractivity (Wildman–Crippen MR) is 60.4 cm³/mol. The fraction of sp³-hybridized carbons (Fsp3) is 0.100. The Morgan fingerprint density at radius 3 is 2.71 bits per heavy atom. The first kappa shape index (κ1) is 9.27. The highest BCUT2D eigenvalue weighted by molar-refractivity contribution is 9.10. The fourth-order valence-corrected chi connectivity index (χ4v) is 1.92. The van der Waals surface area contributed by atoms with Crippen LogP contribution in [0.15, 0.2) is 28.7 Å². The number of pyridine rings is 1. The van der Waals surface area contributed by atoms with Crippen LogP contribution >= 0.6 is 15.9 Å². The van der Waals surface area contributed by atoms with Crippen molar-refractivity contribution >= 4 is 32.7 Å². The number of nitrogens with zero attached hydrogens (tertiary/aromatic N) is 1. The first-order valence-electron chi connectivity index (χ1n) is 4.11. The van der Waals surface area contributed by atoms with Crippen molar-refractivity contribution in [3.63, 3.8) is 0 Å². The Hall–Kier alpha value is -1.29. The van der Waals surface area contributed by atoms with Gasteiger partial charge in [0.2, 0.25) is 0 Å². The molecule has 0 radical (unpaired) electrons. The van der Waals surface area contributed by atoms with E-state index in [1.165, 1.54) is 0 Å². The minimum absolute atomic E-state index is 0.506. The minimum atomic E-state index is 0.506. The third kappa shape index (κ3) is 1.42. The van der Waals surface area contributed by atoms with E-state index < -0.39 is 0 Å². The lowest BCUT2D eigenvalue weighted by molar-refractivity contribution is 0.413. The van der Waals surface area contributed by atoms with Crippen molar-refractivity contribution in [3.8, 4) is 5.75 Å². The SMILES string of the molecule is COc1ccc2ccc(N)nc2c1Br. The number of nitrogens with two attached hydrogens (primary N) is 1. The van der Waals surface area contributed by atoms with E-state index in [9.17, 15) is 0 Å². The van der Waals surface area contributed by atoms with Gasteiger partial charge in [-0.1, -0.05) is 0 Å². The molecule has 14 heavy (non-hydrogen) atoms. The molecular weight excluding hydrogens is 244 g/mol. The van der Waals surface area contributed by atoms with E-state index in [4.69, 9.17) is 10.5 Å². The molecule has 0 fully saturated rings. The molecular formula is C10H9BrN2O. The molecule has 0 unspecified atom stereocenters. The molecule has 3 nitrogen and oxygen atoms in total. The molecule has 72 valence electrons. The van der Waals surface area contributed by atoms with E-state index >= 15 is 0 Å². The maximum absolute atomic E-state index is 5.61. The van der Waals surface area contributed by atoms with Crippen molar-refractivity contribution in [1.29, 1.82) is 0 Å². The molecule has 0 aliphatic heterocycles. The van der Waals surface area contributed by atoms with E-state index in [0.29, 0.717) is 5.82 Å². The number of hydrogen-bond acceptors (Lipinski definition) is 3. The van der Waals surface area contributed by atoms with Gasteiger partial charge in [-0.25, -0.2) is 4.98 Å². The topological polar surface area (TPSA) is 48.1 Å². The Balaban J connectivity index is 2.79. The largest absolute Gasteiger partial charge is 0.495 e. The fourth-order valence-electron chi connectivity index (χ4n) is 1.31. The molecule has 2 rings (SSSR count). The summed E-state index contributed by atoms with van der Waals surface area (Å²) in [4.78, 5) is 4.23. The summed E-state index contributed by atoms with van der Waals surface area (Å²) in [5.41, 5.74) is 6.44. The van der Waals surface area contributed by atoms with Crippen LogP contribution < -0.4 is 10.5 Å². The number of hydrogen-bond donors (Lipinski definition) is 1. The molecule has 1 heterocycles. The molecule has 1 aromatic heterocycles. The second-order valence-corrected chi connectivity index (χ2v) is 3.68. The zero-order valence-electron chi connectivity index (χ0n) is 7.62. The zero-order valence-corrected chi connectivity index (χ0v) is 9.21. The minimum Gasteiger partial charge on any atom is -0.495 e. The van der Waals surface area contributed by atoms with Crippen LogP contribution in [0.25, 0.3) is 10.9 Å². The number of fused-ring (bicyclic) bond motifs is 1. The van der Waals surface area contributed by atoms with E-state index in [1.807, 2.05) is 18.2 Å². The molecule has 4 heteroatoms. The standard InChI is InChI=1S/C10H9BrN2O/c1-14-7-4-2-6-3-5-8(12)13-10(6)9(7)11/h2-5H,1H3,(H2,12,13). The molecule has 2 N–H and O–H groups in total. The molecule has 0 saturated heterocycles. The Labute approximate surface area is 90.0 Å². The number of benzene rings is 1. The smallest absolute Gasteiger partial charge is 0.135 e. The first-order chi connectivity index (χ1) is 6.72. The number of rotatable bonds is 1. The maximum Gasteiger partial charge on any atom is 0.135 e. The lowest BCUT2D eigenvalue weighted by Gasteiger charge is -2.06. The quantitative estimate of drug-likeness (QED) is 0.849. The molecule has 0 aliphatic rings. The van der Waals surface area contributed by atoms with Gasteiger partial charge in [0.15, 0.2) is 0 Å². The Bertz CT molecular complexity index is 485. The van der Waals surface area contributed by atoms with Crippen molar-refractivity contribution < 1.29 is 4.74 Å². The Morgan fingerprint density at radius 1 is 1.29 bits per heavy atom. The normalized spacial score (nSPS) is 10.4. The highest BCUT2D eigenvalue weighted by atomic mass is 79.9. The maximum atomic E-state index is 5.61. The monoisotopic (exact) mass is 252 g/mol. The molecule has 2 aromatic rings. The summed E-state index contributed by atoms with van der Waals surface area (Å²) in [6.07, 6.45) is 0. The summed E-state index contributed by atoms with van der Waals surface area (Å²) in [5, 5.41) is 1.03. The van der Waals surface area contributed by atoms with Gasteiger partial charge < -0.3 is 10.5 Å². The van der Waals surface area contributed by atoms with Gasteiger partial charge in [0.25, 0.3) is 0 Å². The van der Waals surface area contributed by atoms with Crippen LogP contribution in [0.5, 0.6) is 5.75 Å². The molecule has 0 bridgehead atoms. The van der Waals surface area contributed by atoms with Crippen molar-refractivity contribution in [2.24, 2.45) is 0 Å². The number of anilines is 1. The predicted octanol–water partition coefficient (Wildman–Crippen LogP) is 2.59. The van der Waals surface area contributed by atoms with E-state index in [1.54, 1.807) is 13.2 Å². The van der Waals surface area contributed by atoms with Gasteiger partial charge in [0.05, 0.1) is 17.1 Å². The summed E-state index contributed by atoms with van der Waals surface area (Å²) in [6, 6.07) is 7.55. The summed E-state index contributed by atoms with van der Waals surface area (Å²) in [6.45, 7) is 0. The van der Waals surface area contributed by atoms with Crippen LogP contribution in [0.1, 0.15) is 0 Å². The van der Waals surface area contributed by atoms with Gasteiger partial charge in [-0.2, -0.15) is 0 Å². The second kappa shape index (κ2) is 3.46. The summed E-state index contributed by atoms with van der Waals surface area (Å²) < 4.78 is 6.00. The first-order valence-corrected chi connectivity index (χ1v) is 4.90. The Morgan fingerprint density at radius 2 is 2.00 bits per heavy atom. The molecule has 0 spiro atoms. The van der Waals surface area contributed by atoms with Crippen molar-refractivity contribution in [2.45, 2.75) is 0 Å². The number of nitrogen functional groups attached to an aromatic ring is 1. The van der Waals surface area contributed by atoms with Gasteiger partial charge >= 0.3 is 0 Å². The lowest BCUT2D eigenvalue weighted by Crippen LogP contribution is -1.92. The van der Waals surface area contributed by atoms with Crippen LogP contribution in [-0.2, 0) is 0 Å². The summed E-state index contributed by atoms with van der Waals surface area (Å²) in [5.74, 6) is 1.27. The number of aromatic nitrogens is 1. The van der Waals surface area contributed by atoms with Gasteiger partial charge in [-0.3, -0.25) is 0 Å². The van der Waals surface area contributed by atoms with Gasteiger partial charge in [0.1, 0.15) is 11.6 Å². The third-order valence-corrected chi connectivity index (χ3v) is 2.77. The zero-order chi connectivity index (χ0) is 10.1. The average molecular weight is 253 g/mol. The molecule has 0 saturated carbocycles. The number of halogens is 1. The Kier molecular flexibility index (Phi) is 2.29. The third-order valence-electron chi connectivity index (χ3n) is 2.01. The van der Waals surface area contributed by atoms with Gasteiger partial charge in [-0.15, -0.1) is 0 Å². The number of ether oxygens (including phenoxy) is 1. The second-order valence-electron chi connectivity index (χ2n) is 2.89. The average Bonchev–Trinajstić information content (AvgIpc) is 2.20. The van der Waals surface area contributed by atoms with Crippen LogP contribution in [0.4, 0.5) is 5.82 Å². The molecule has 0 amide bonds. The molecule has 0 atom stereocenters. The van der Waals surface area contributed by atoms with Gasteiger partial charge in [0, 0.05) is 5.39 Å². The van der Waals surface area contributed by atoms with Crippen LogP contribution in [0.3, 0.4) is 0 Å². The highest BCUT2D eigenvalue weighted by Gasteiger charge is 2.06. The van der Waals surface area contributed by atoms with Crippen LogP contribution in [-0.4, -0.2) is 12.1 Å². The van der Waals surface area contributed by atoms with Crippen LogP contribution in [0.2, 0.25) is 0 Å². The highest BCUT2D eigenvalue weighted by Crippen LogP contribution is 2.31. The lowest BCUT2D eigenvalue weighted by atomic mass is 10.2. The van der Waals surface area contributed by atoms with Crippen molar-refractivity contribution in [2.75, 3.05) is 12.8 Å². The van der Waals surface area contributed by atoms with E-state index in [-0.39, 0.29) is 0 Å². The van der Waals surface area contributed by atoms with Crippen molar-refractivity contribution in [3.05, 3.63) is 28.7 Å².